The molecule has 1 unspecified atom stereocenters. The fourth-order valence-corrected chi connectivity index (χ4v) is 11.7. The molecule has 13 heteroatoms. The minimum Gasteiger partial charge on any atom is -0.373 e. The Morgan fingerprint density at radius 2 is 1.65 bits per heavy atom. The van der Waals surface area contributed by atoms with Gasteiger partial charge in [0.05, 0.1) is 18.2 Å². The number of nitrogens with zero attached hydrogens (tertiary/aromatic N) is 7. The predicted molar refractivity (Wildman–Crippen MR) is 236 cm³/mol. The van der Waals surface area contributed by atoms with Gasteiger partial charge in [0.25, 0.3) is 5.91 Å². The number of imide groups is 1. The number of rotatable bonds is 8. The van der Waals surface area contributed by atoms with E-state index < -0.39 is 11.7 Å². The Morgan fingerprint density at radius 1 is 0.887 bits per heavy atom. The smallest absolute Gasteiger partial charge is 0.255 e. The third kappa shape index (κ3) is 8.05. The molecule has 6 aliphatic heterocycles. The van der Waals surface area contributed by atoms with Crippen molar-refractivity contribution in [3.8, 4) is 0 Å². The topological polar surface area (TPSA) is 114 Å². The number of carbonyl (C=O) groups excluding carboxylic acids is 3. The third-order valence-corrected chi connectivity index (χ3v) is 15.0. The molecular weight excluding hydrogens is 784 g/mol. The number of amides is 3. The maximum absolute atomic E-state index is 15.3. The highest BCUT2D eigenvalue weighted by atomic mass is 19.1. The van der Waals surface area contributed by atoms with E-state index >= 15 is 4.39 Å². The zero-order valence-electron chi connectivity index (χ0n) is 36.6. The molecule has 7 heterocycles. The summed E-state index contributed by atoms with van der Waals surface area (Å²) in [6, 6.07) is 14.4. The lowest BCUT2D eigenvalue weighted by atomic mass is 9.85. The number of anilines is 2. The zero-order valence-corrected chi connectivity index (χ0v) is 36.6. The second kappa shape index (κ2) is 16.4. The predicted octanol–water partition coefficient (Wildman–Crippen LogP) is 6.11. The summed E-state index contributed by atoms with van der Waals surface area (Å²) in [6.45, 7) is 13.9. The molecule has 3 aromatic rings. The number of halogens is 1. The zero-order chi connectivity index (χ0) is 42.8. The maximum Gasteiger partial charge on any atom is 0.255 e. The number of alkyl halides is 1. The van der Waals surface area contributed by atoms with Crippen LogP contribution in [0.15, 0.2) is 60.4 Å². The van der Waals surface area contributed by atoms with Crippen LogP contribution in [0.5, 0.6) is 0 Å². The van der Waals surface area contributed by atoms with E-state index in [1.54, 1.807) is 18.7 Å². The SMILES string of the molecule is C[C@@H]1CC2=C(Cc3ccccc32)[C@@H](c2cnc(N3CCC4(CCN(CC5CCN(c6ccc7c(c6)CN(C6CCC(=O)NC6=O)C7=O)CC5)CCO4)CC3)nc2)N1CC(C)(C)F. The average molecular weight is 845 g/mol. The van der Waals surface area contributed by atoms with Gasteiger partial charge in [0, 0.05) is 101 Å². The molecule has 1 aliphatic carbocycles. The molecule has 4 saturated heterocycles. The maximum atomic E-state index is 15.3. The number of hydrogen-bond donors (Lipinski definition) is 1. The number of piperidine rings is 3. The number of aromatic nitrogens is 2. The molecule has 1 N–H and O–H groups in total. The Balaban J connectivity index is 0.716. The van der Waals surface area contributed by atoms with Crippen LogP contribution >= 0.6 is 0 Å². The molecule has 62 heavy (non-hydrogen) atoms. The number of nitrogens with one attached hydrogen (secondary N) is 1. The van der Waals surface area contributed by atoms with E-state index in [-0.39, 0.29) is 41.8 Å². The number of ether oxygens (including phenoxy) is 1. The van der Waals surface area contributed by atoms with Gasteiger partial charge < -0.3 is 24.3 Å². The second-order valence-electron chi connectivity index (χ2n) is 19.7. The Bertz CT molecular complexity index is 2240. The quantitative estimate of drug-likeness (QED) is 0.267. The van der Waals surface area contributed by atoms with Gasteiger partial charge in [0.2, 0.25) is 17.8 Å². The summed E-state index contributed by atoms with van der Waals surface area (Å²) in [4.78, 5) is 58.7. The standard InChI is InChI=1S/C49H61FN8O4/c1-32-24-40-38-7-5-4-6-34(38)26-41(40)44(58(32)31-48(2,3)50)36-27-51-47(52-28-36)56-20-15-49(16-21-56)14-19-54(22-23-62-49)29-33-12-17-55(18-13-33)37-8-9-39-35(25-37)30-57(46(39)61)42-10-11-43(59)53-45(42)60/h4-9,25,27-28,32-33,42,44H,10-24,26,29-31H2,1-3H3,(H,53,59,60)/t32-,42?,44-/m1/s1. The summed E-state index contributed by atoms with van der Waals surface area (Å²) in [7, 11) is 0. The molecule has 0 saturated carbocycles. The lowest BCUT2D eigenvalue weighted by molar-refractivity contribution is -0.136. The number of hydrogen-bond acceptors (Lipinski definition) is 10. The molecule has 328 valence electrons. The van der Waals surface area contributed by atoms with E-state index in [1.165, 1.54) is 22.3 Å². The second-order valence-corrected chi connectivity index (χ2v) is 19.7. The summed E-state index contributed by atoms with van der Waals surface area (Å²) in [5.74, 6) is 0.614. The van der Waals surface area contributed by atoms with Crippen LogP contribution in [-0.2, 0) is 27.3 Å². The molecule has 12 nitrogen and oxygen atoms in total. The van der Waals surface area contributed by atoms with Crippen LogP contribution in [0.1, 0.15) is 111 Å². The highest BCUT2D eigenvalue weighted by Gasteiger charge is 2.43. The summed E-state index contributed by atoms with van der Waals surface area (Å²) in [5.41, 5.74) is 7.84. The van der Waals surface area contributed by atoms with E-state index in [9.17, 15) is 14.4 Å². The minimum atomic E-state index is -1.32. The van der Waals surface area contributed by atoms with E-state index in [0.717, 1.165) is 120 Å². The Hall–Kier alpha value is -4.72. The van der Waals surface area contributed by atoms with Crippen molar-refractivity contribution in [1.29, 1.82) is 0 Å². The van der Waals surface area contributed by atoms with Gasteiger partial charge >= 0.3 is 0 Å². The van der Waals surface area contributed by atoms with Crippen LogP contribution in [0.4, 0.5) is 16.0 Å². The van der Waals surface area contributed by atoms with Crippen LogP contribution in [0.3, 0.4) is 0 Å². The monoisotopic (exact) mass is 844 g/mol. The van der Waals surface area contributed by atoms with Crippen molar-refractivity contribution >= 4 is 34.9 Å². The fraction of sp³-hybridized carbons (Fsp3) is 0.571. The Labute approximate surface area is 364 Å². The van der Waals surface area contributed by atoms with Gasteiger partial charge in [-0.2, -0.15) is 0 Å². The molecule has 7 aliphatic rings. The van der Waals surface area contributed by atoms with Gasteiger partial charge in [-0.25, -0.2) is 14.4 Å². The van der Waals surface area contributed by atoms with Gasteiger partial charge in [0.1, 0.15) is 11.7 Å². The van der Waals surface area contributed by atoms with Gasteiger partial charge in [-0.05, 0) is 124 Å². The molecule has 3 amide bonds. The van der Waals surface area contributed by atoms with Gasteiger partial charge in [-0.1, -0.05) is 24.3 Å². The molecule has 1 aromatic heterocycles. The summed E-state index contributed by atoms with van der Waals surface area (Å²) in [5, 5.41) is 2.39. The largest absolute Gasteiger partial charge is 0.373 e. The summed E-state index contributed by atoms with van der Waals surface area (Å²) >= 11 is 0. The highest BCUT2D eigenvalue weighted by Crippen LogP contribution is 2.49. The summed E-state index contributed by atoms with van der Waals surface area (Å²) < 4.78 is 22.0. The van der Waals surface area contributed by atoms with Crippen LogP contribution in [0.2, 0.25) is 0 Å². The normalized spacial score (nSPS) is 26.2. The molecule has 3 atom stereocenters. The van der Waals surface area contributed by atoms with E-state index in [4.69, 9.17) is 14.7 Å². The Kier molecular flexibility index (Phi) is 11.0. The molecule has 0 bridgehead atoms. The van der Waals surface area contributed by atoms with Crippen molar-refractivity contribution in [2.24, 2.45) is 5.92 Å². The van der Waals surface area contributed by atoms with E-state index in [2.05, 4.69) is 62.2 Å². The summed E-state index contributed by atoms with van der Waals surface area (Å²) in [6.07, 6.45) is 11.6. The van der Waals surface area contributed by atoms with Crippen LogP contribution in [0, 0.1) is 5.92 Å². The molecule has 10 rings (SSSR count). The fourth-order valence-electron chi connectivity index (χ4n) is 11.7. The lowest BCUT2D eigenvalue weighted by Gasteiger charge is -2.44. The first-order valence-electron chi connectivity index (χ1n) is 23.1. The van der Waals surface area contributed by atoms with E-state index in [1.807, 2.05) is 24.5 Å². The molecule has 4 fully saturated rings. The van der Waals surface area contributed by atoms with Crippen molar-refractivity contribution < 1.29 is 23.5 Å². The van der Waals surface area contributed by atoms with Gasteiger partial charge in [-0.15, -0.1) is 0 Å². The first-order chi connectivity index (χ1) is 29.9. The molecular formula is C49H61FN8O4. The first-order valence-corrected chi connectivity index (χ1v) is 23.1. The molecule has 1 spiro atoms. The van der Waals surface area contributed by atoms with Crippen molar-refractivity contribution in [1.82, 2.24) is 30.0 Å². The number of fused-ring (bicyclic) bond motifs is 3. The van der Waals surface area contributed by atoms with Crippen molar-refractivity contribution in [2.45, 2.75) is 114 Å². The van der Waals surface area contributed by atoms with Crippen LogP contribution in [0.25, 0.3) is 5.57 Å². The minimum absolute atomic E-state index is 0.0517. The van der Waals surface area contributed by atoms with Crippen LogP contribution < -0.4 is 15.1 Å². The molecule has 2 aromatic carbocycles. The average Bonchev–Trinajstić information content (AvgIpc) is 3.72. The van der Waals surface area contributed by atoms with Crippen molar-refractivity contribution in [3.05, 3.63) is 88.2 Å². The lowest BCUT2D eigenvalue weighted by Crippen LogP contribution is -2.52. The van der Waals surface area contributed by atoms with Crippen molar-refractivity contribution in [2.75, 3.05) is 68.8 Å². The number of benzene rings is 2. The van der Waals surface area contributed by atoms with Crippen LogP contribution in [-0.4, -0.2) is 125 Å². The highest BCUT2D eigenvalue weighted by molar-refractivity contribution is 6.05. The Morgan fingerprint density at radius 3 is 2.40 bits per heavy atom. The number of carbonyl (C=O) groups is 3. The van der Waals surface area contributed by atoms with Crippen molar-refractivity contribution in [3.63, 3.8) is 0 Å². The molecule has 0 radical (unpaired) electrons. The third-order valence-electron chi connectivity index (χ3n) is 15.0. The van der Waals surface area contributed by atoms with Gasteiger partial charge in [-0.3, -0.25) is 24.6 Å². The van der Waals surface area contributed by atoms with Gasteiger partial charge in [0.15, 0.2) is 0 Å². The van der Waals surface area contributed by atoms with E-state index in [0.29, 0.717) is 31.0 Å². The first kappa shape index (κ1) is 41.3.